The lowest BCUT2D eigenvalue weighted by molar-refractivity contribution is 0.0784. The van der Waals surface area contributed by atoms with Gasteiger partial charge in [-0.05, 0) is 68.1 Å². The van der Waals surface area contributed by atoms with Gasteiger partial charge in [-0.1, -0.05) is 12.1 Å². The van der Waals surface area contributed by atoms with E-state index in [2.05, 4.69) is 36.8 Å². The van der Waals surface area contributed by atoms with E-state index in [1.807, 2.05) is 35.4 Å². The third-order valence-corrected chi connectivity index (χ3v) is 5.07. The van der Waals surface area contributed by atoms with Gasteiger partial charge < -0.3 is 9.80 Å². The van der Waals surface area contributed by atoms with Crippen molar-refractivity contribution in [2.75, 3.05) is 26.7 Å². The summed E-state index contributed by atoms with van der Waals surface area (Å²) in [6.45, 7) is 7.75. The van der Waals surface area contributed by atoms with Gasteiger partial charge in [0.1, 0.15) is 0 Å². The number of rotatable bonds is 5. The van der Waals surface area contributed by atoms with Gasteiger partial charge in [0.2, 0.25) is 0 Å². The highest BCUT2D eigenvalue weighted by molar-refractivity contribution is 5.94. The average molecular weight is 337 g/mol. The largest absolute Gasteiger partial charge is 0.338 e. The second-order valence-corrected chi connectivity index (χ2v) is 7.26. The number of aryl methyl sites for hydroxylation is 2. The van der Waals surface area contributed by atoms with Crippen LogP contribution < -0.4 is 0 Å². The van der Waals surface area contributed by atoms with Crippen LogP contribution in [-0.4, -0.2) is 47.4 Å². The van der Waals surface area contributed by atoms with Crippen molar-refractivity contribution in [2.24, 2.45) is 5.92 Å². The first-order valence-corrected chi connectivity index (χ1v) is 8.97. The Morgan fingerprint density at radius 1 is 1.28 bits per heavy atom. The fraction of sp³-hybridized carbons (Fsp3) is 0.429. The Bertz CT molecular complexity index is 729. The Kier molecular flexibility index (Phi) is 5.49. The van der Waals surface area contributed by atoms with Crippen molar-refractivity contribution in [1.29, 1.82) is 0 Å². The number of aromatic nitrogens is 1. The van der Waals surface area contributed by atoms with E-state index in [0.29, 0.717) is 5.92 Å². The molecule has 2 heterocycles. The lowest BCUT2D eigenvalue weighted by atomic mass is 10.1. The first kappa shape index (κ1) is 17.6. The summed E-state index contributed by atoms with van der Waals surface area (Å²) < 4.78 is 0. The van der Waals surface area contributed by atoms with E-state index in [0.717, 1.165) is 38.2 Å². The molecule has 2 aromatic rings. The van der Waals surface area contributed by atoms with Gasteiger partial charge in [0.25, 0.3) is 5.91 Å². The Morgan fingerprint density at radius 2 is 2.12 bits per heavy atom. The minimum Gasteiger partial charge on any atom is -0.338 e. The number of hydrogen-bond donors (Lipinski definition) is 0. The molecule has 4 nitrogen and oxygen atoms in total. The zero-order valence-electron chi connectivity index (χ0n) is 15.4. The number of carbonyl (C=O) groups excluding carboxylic acids is 1. The van der Waals surface area contributed by atoms with Crippen molar-refractivity contribution in [3.8, 4) is 0 Å². The topological polar surface area (TPSA) is 36.4 Å². The molecule has 1 aromatic heterocycles. The van der Waals surface area contributed by atoms with Crippen LogP contribution in [0.3, 0.4) is 0 Å². The predicted octanol–water partition coefficient (Wildman–Crippen LogP) is 3.29. The highest BCUT2D eigenvalue weighted by Crippen LogP contribution is 2.21. The molecule has 0 aliphatic carbocycles. The molecule has 1 saturated heterocycles. The van der Waals surface area contributed by atoms with Crippen LogP contribution in [0.15, 0.2) is 42.7 Å². The van der Waals surface area contributed by atoms with Crippen molar-refractivity contribution in [2.45, 2.75) is 26.8 Å². The van der Waals surface area contributed by atoms with Gasteiger partial charge in [-0.2, -0.15) is 0 Å². The van der Waals surface area contributed by atoms with E-state index in [-0.39, 0.29) is 5.91 Å². The van der Waals surface area contributed by atoms with E-state index in [9.17, 15) is 4.79 Å². The van der Waals surface area contributed by atoms with Gasteiger partial charge >= 0.3 is 0 Å². The lowest BCUT2D eigenvalue weighted by Gasteiger charge is -2.21. The molecule has 25 heavy (non-hydrogen) atoms. The Hall–Kier alpha value is -2.20. The number of amides is 1. The van der Waals surface area contributed by atoms with E-state index in [1.54, 1.807) is 6.20 Å². The molecular weight excluding hydrogens is 310 g/mol. The molecule has 1 aliphatic heterocycles. The first-order chi connectivity index (χ1) is 12.0. The van der Waals surface area contributed by atoms with Crippen molar-refractivity contribution in [3.63, 3.8) is 0 Å². The molecule has 1 fully saturated rings. The zero-order chi connectivity index (χ0) is 17.8. The molecule has 0 saturated carbocycles. The molecular formula is C21H27N3O. The van der Waals surface area contributed by atoms with Crippen molar-refractivity contribution < 1.29 is 4.79 Å². The average Bonchev–Trinajstić information content (AvgIpc) is 3.06. The second kappa shape index (κ2) is 7.79. The molecule has 4 heteroatoms. The third-order valence-electron chi connectivity index (χ3n) is 5.07. The van der Waals surface area contributed by atoms with Crippen LogP contribution in [0.5, 0.6) is 0 Å². The molecule has 1 amide bonds. The molecule has 0 spiro atoms. The molecule has 0 radical (unpaired) electrons. The number of pyridine rings is 1. The van der Waals surface area contributed by atoms with Crippen LogP contribution in [0.1, 0.15) is 33.5 Å². The number of nitrogens with zero attached hydrogens (tertiary/aromatic N) is 3. The fourth-order valence-electron chi connectivity index (χ4n) is 3.53. The summed E-state index contributed by atoms with van der Waals surface area (Å²) in [6, 6.07) is 10.1. The highest BCUT2D eigenvalue weighted by Gasteiger charge is 2.27. The van der Waals surface area contributed by atoms with Crippen LogP contribution in [-0.2, 0) is 6.54 Å². The second-order valence-electron chi connectivity index (χ2n) is 7.26. The normalized spacial score (nSPS) is 17.3. The van der Waals surface area contributed by atoms with Gasteiger partial charge in [-0.3, -0.25) is 9.78 Å². The van der Waals surface area contributed by atoms with Gasteiger partial charge in [0, 0.05) is 44.1 Å². The third kappa shape index (κ3) is 4.45. The Morgan fingerprint density at radius 3 is 2.84 bits per heavy atom. The molecule has 3 rings (SSSR count). The summed E-state index contributed by atoms with van der Waals surface area (Å²) in [7, 11) is 2.14. The molecule has 1 atom stereocenters. The Balaban J connectivity index is 1.54. The van der Waals surface area contributed by atoms with Crippen molar-refractivity contribution >= 4 is 5.91 Å². The van der Waals surface area contributed by atoms with Gasteiger partial charge in [-0.25, -0.2) is 0 Å². The van der Waals surface area contributed by atoms with E-state index < -0.39 is 0 Å². The van der Waals surface area contributed by atoms with Crippen LogP contribution in [0.25, 0.3) is 0 Å². The summed E-state index contributed by atoms with van der Waals surface area (Å²) >= 11 is 0. The van der Waals surface area contributed by atoms with Crippen LogP contribution in [0, 0.1) is 19.8 Å². The SMILES string of the molecule is Cc1ccc(C(=O)N2CC[C@@H](CN(C)Cc3cccnc3)C2)cc1C. The summed E-state index contributed by atoms with van der Waals surface area (Å²) in [6.07, 6.45) is 4.80. The van der Waals surface area contributed by atoms with E-state index in [4.69, 9.17) is 0 Å². The molecule has 0 bridgehead atoms. The number of hydrogen-bond acceptors (Lipinski definition) is 3. The zero-order valence-corrected chi connectivity index (χ0v) is 15.4. The summed E-state index contributed by atoms with van der Waals surface area (Å²) in [4.78, 5) is 21.2. The minimum absolute atomic E-state index is 0.167. The number of likely N-dealkylation sites (tertiary alicyclic amines) is 1. The van der Waals surface area contributed by atoms with Gasteiger partial charge in [0.05, 0.1) is 0 Å². The van der Waals surface area contributed by atoms with E-state index >= 15 is 0 Å². The van der Waals surface area contributed by atoms with Gasteiger partial charge in [0.15, 0.2) is 0 Å². The maximum atomic E-state index is 12.7. The molecule has 1 aliphatic rings. The molecule has 1 aromatic carbocycles. The van der Waals surface area contributed by atoms with Crippen LogP contribution >= 0.6 is 0 Å². The fourth-order valence-corrected chi connectivity index (χ4v) is 3.53. The lowest BCUT2D eigenvalue weighted by Crippen LogP contribution is -2.31. The van der Waals surface area contributed by atoms with Crippen LogP contribution in [0.4, 0.5) is 0 Å². The monoisotopic (exact) mass is 337 g/mol. The number of carbonyl (C=O) groups is 1. The maximum absolute atomic E-state index is 12.7. The van der Waals surface area contributed by atoms with Crippen molar-refractivity contribution in [3.05, 3.63) is 65.0 Å². The molecule has 132 valence electrons. The molecule has 0 unspecified atom stereocenters. The Labute approximate surface area is 150 Å². The summed E-state index contributed by atoms with van der Waals surface area (Å²) in [5.74, 6) is 0.706. The highest BCUT2D eigenvalue weighted by atomic mass is 16.2. The number of benzene rings is 1. The predicted molar refractivity (Wildman–Crippen MR) is 100 cm³/mol. The quantitative estimate of drug-likeness (QED) is 0.840. The smallest absolute Gasteiger partial charge is 0.253 e. The minimum atomic E-state index is 0.167. The van der Waals surface area contributed by atoms with Crippen molar-refractivity contribution in [1.82, 2.24) is 14.8 Å². The van der Waals surface area contributed by atoms with Gasteiger partial charge in [-0.15, -0.1) is 0 Å². The summed E-state index contributed by atoms with van der Waals surface area (Å²) in [5, 5.41) is 0. The first-order valence-electron chi connectivity index (χ1n) is 8.97. The maximum Gasteiger partial charge on any atom is 0.253 e. The summed E-state index contributed by atoms with van der Waals surface area (Å²) in [5.41, 5.74) is 4.45. The standard InChI is InChI=1S/C21H27N3O/c1-16-6-7-20(11-17(16)2)21(25)24-10-8-19(15-24)14-23(3)13-18-5-4-9-22-12-18/h4-7,9,11-12,19H,8,10,13-15H2,1-3H3/t19-/m0/s1. The van der Waals surface area contributed by atoms with E-state index in [1.165, 1.54) is 16.7 Å². The van der Waals surface area contributed by atoms with Crippen LogP contribution in [0.2, 0.25) is 0 Å². The molecule has 0 N–H and O–H groups in total.